The number of carbonyl (C=O) groups excluding carboxylic acids is 1. The minimum absolute atomic E-state index is 0.166. The van der Waals surface area contributed by atoms with Gasteiger partial charge in [0.25, 0.3) is 11.5 Å². The predicted octanol–water partition coefficient (Wildman–Crippen LogP) is 1.40. The topological polar surface area (TPSA) is 106 Å². The fraction of sp³-hybridized carbons (Fsp3) is 0.238. The van der Waals surface area contributed by atoms with E-state index in [0.29, 0.717) is 13.0 Å². The highest BCUT2D eigenvalue weighted by Crippen LogP contribution is 2.19. The summed E-state index contributed by atoms with van der Waals surface area (Å²) in [6.45, 7) is 1.72. The maximum atomic E-state index is 12.6. The molecule has 0 aliphatic heterocycles. The summed E-state index contributed by atoms with van der Waals surface area (Å²) in [4.78, 5) is 37.2. The van der Waals surface area contributed by atoms with Crippen molar-refractivity contribution in [1.82, 2.24) is 19.7 Å². The van der Waals surface area contributed by atoms with E-state index in [4.69, 9.17) is 11.6 Å². The van der Waals surface area contributed by atoms with E-state index >= 15 is 0 Å². The molecular weight excluding hydrogens is 408 g/mol. The number of nitrogens with one attached hydrogen (secondary N) is 1. The van der Waals surface area contributed by atoms with Crippen molar-refractivity contribution < 1.29 is 9.90 Å². The lowest BCUT2D eigenvalue weighted by atomic mass is 10.1. The Morgan fingerprint density at radius 1 is 1.20 bits per heavy atom. The number of hydrogen-bond acceptors (Lipinski definition) is 5. The van der Waals surface area contributed by atoms with E-state index in [9.17, 15) is 19.5 Å². The lowest BCUT2D eigenvalue weighted by molar-refractivity contribution is 0.0954. The Morgan fingerprint density at radius 2 is 1.93 bits per heavy atom. The average Bonchev–Trinajstić information content (AvgIpc) is 2.72. The first-order valence-corrected chi connectivity index (χ1v) is 9.74. The van der Waals surface area contributed by atoms with Gasteiger partial charge in [-0.2, -0.15) is 9.78 Å². The van der Waals surface area contributed by atoms with E-state index in [1.807, 2.05) is 30.3 Å². The van der Waals surface area contributed by atoms with Gasteiger partial charge >= 0.3 is 5.69 Å². The van der Waals surface area contributed by atoms with Crippen molar-refractivity contribution in [1.29, 1.82) is 0 Å². The first-order chi connectivity index (χ1) is 14.4. The van der Waals surface area contributed by atoms with Crippen LogP contribution in [0.15, 0.2) is 64.3 Å². The van der Waals surface area contributed by atoms with Crippen molar-refractivity contribution in [3.05, 3.63) is 91.7 Å². The molecule has 30 heavy (non-hydrogen) atoms. The molecule has 0 saturated heterocycles. The lowest BCUT2D eigenvalue weighted by Crippen LogP contribution is -2.42. The Balaban J connectivity index is 1.84. The van der Waals surface area contributed by atoms with Gasteiger partial charge in [0.2, 0.25) is 0 Å². The number of carbonyl (C=O) groups is 1. The van der Waals surface area contributed by atoms with Crippen LogP contribution in [0.25, 0.3) is 5.69 Å². The Hall–Kier alpha value is -3.23. The van der Waals surface area contributed by atoms with Crippen molar-refractivity contribution in [2.45, 2.75) is 26.0 Å². The van der Waals surface area contributed by atoms with Crippen LogP contribution in [0, 0.1) is 0 Å². The zero-order valence-corrected chi connectivity index (χ0v) is 17.0. The van der Waals surface area contributed by atoms with Gasteiger partial charge in [-0.1, -0.05) is 41.9 Å². The highest BCUT2D eigenvalue weighted by Gasteiger charge is 2.15. The van der Waals surface area contributed by atoms with E-state index in [2.05, 4.69) is 10.4 Å². The molecule has 3 rings (SSSR count). The minimum Gasteiger partial charge on any atom is -0.392 e. The summed E-state index contributed by atoms with van der Waals surface area (Å²) in [6.07, 6.45) is 0.759. The molecule has 2 N–H and O–H groups in total. The van der Waals surface area contributed by atoms with E-state index < -0.39 is 17.4 Å². The lowest BCUT2D eigenvalue weighted by Gasteiger charge is -2.12. The third-order valence-electron chi connectivity index (χ3n) is 4.39. The van der Waals surface area contributed by atoms with Gasteiger partial charge in [0.15, 0.2) is 0 Å². The highest BCUT2D eigenvalue weighted by molar-refractivity contribution is 6.33. The van der Waals surface area contributed by atoms with Gasteiger partial charge in [0.1, 0.15) is 6.20 Å². The molecule has 0 spiro atoms. The fourth-order valence-electron chi connectivity index (χ4n) is 2.92. The van der Waals surface area contributed by atoms with E-state index in [-0.39, 0.29) is 28.7 Å². The maximum absolute atomic E-state index is 12.6. The standard InChI is InChI=1S/C21H21ClN4O4/c1-14(27)13-25-19(28)12-24-26(21(25)30)16-7-8-18(22)17(11-16)20(29)23-10-9-15-5-3-2-4-6-15/h2-8,11-12,14,27H,9-10,13H2,1H3,(H,23,29). The van der Waals surface area contributed by atoms with E-state index in [1.165, 1.54) is 25.1 Å². The fourth-order valence-corrected chi connectivity index (χ4v) is 3.13. The quantitative estimate of drug-likeness (QED) is 0.591. The van der Waals surface area contributed by atoms with Crippen LogP contribution in [0.4, 0.5) is 0 Å². The van der Waals surface area contributed by atoms with Gasteiger partial charge in [-0.25, -0.2) is 4.79 Å². The second kappa shape index (κ2) is 9.51. The van der Waals surface area contributed by atoms with Gasteiger partial charge < -0.3 is 10.4 Å². The molecule has 0 saturated carbocycles. The molecule has 9 heteroatoms. The predicted molar refractivity (Wildman–Crippen MR) is 113 cm³/mol. The van der Waals surface area contributed by atoms with Crippen LogP contribution in [0.3, 0.4) is 0 Å². The second-order valence-electron chi connectivity index (χ2n) is 6.79. The Bertz CT molecular complexity index is 1160. The zero-order valence-electron chi connectivity index (χ0n) is 16.3. The van der Waals surface area contributed by atoms with Gasteiger partial charge in [-0.3, -0.25) is 14.2 Å². The number of hydrogen-bond donors (Lipinski definition) is 2. The molecule has 1 unspecified atom stereocenters. The average molecular weight is 429 g/mol. The number of aliphatic hydroxyl groups is 1. The molecule has 156 valence electrons. The van der Waals surface area contributed by atoms with Gasteiger partial charge in [0, 0.05) is 6.54 Å². The largest absolute Gasteiger partial charge is 0.392 e. The summed E-state index contributed by atoms with van der Waals surface area (Å²) in [5.74, 6) is -0.386. The Morgan fingerprint density at radius 3 is 2.63 bits per heavy atom. The first-order valence-electron chi connectivity index (χ1n) is 9.36. The first kappa shape index (κ1) is 21.5. The van der Waals surface area contributed by atoms with Crippen LogP contribution < -0.4 is 16.6 Å². The monoisotopic (exact) mass is 428 g/mol. The highest BCUT2D eigenvalue weighted by atomic mass is 35.5. The molecule has 0 bridgehead atoms. The summed E-state index contributed by atoms with van der Waals surface area (Å²) < 4.78 is 1.87. The van der Waals surface area contributed by atoms with Crippen molar-refractivity contribution in [3.63, 3.8) is 0 Å². The number of amides is 1. The normalized spacial score (nSPS) is 11.8. The van der Waals surface area contributed by atoms with Gasteiger partial charge in [0.05, 0.1) is 28.9 Å². The Kier molecular flexibility index (Phi) is 6.81. The number of aromatic nitrogens is 3. The summed E-state index contributed by atoms with van der Waals surface area (Å²) in [6, 6.07) is 14.2. The van der Waals surface area contributed by atoms with Crippen LogP contribution in [0.1, 0.15) is 22.8 Å². The SMILES string of the molecule is CC(O)Cn1c(=O)cnn(-c2ccc(Cl)c(C(=O)NCCc3ccccc3)c2)c1=O. The van der Waals surface area contributed by atoms with Crippen molar-refractivity contribution in [3.8, 4) is 5.69 Å². The van der Waals surface area contributed by atoms with E-state index in [0.717, 1.165) is 21.0 Å². The zero-order chi connectivity index (χ0) is 21.7. The third-order valence-corrected chi connectivity index (χ3v) is 4.72. The van der Waals surface area contributed by atoms with Gasteiger partial charge in [-0.05, 0) is 37.1 Å². The number of halogens is 1. The molecule has 2 aromatic carbocycles. The molecular formula is C21H21ClN4O4. The van der Waals surface area contributed by atoms with Crippen molar-refractivity contribution >= 4 is 17.5 Å². The van der Waals surface area contributed by atoms with Gasteiger partial charge in [-0.15, -0.1) is 0 Å². The summed E-state index contributed by atoms with van der Waals surface area (Å²) in [7, 11) is 0. The summed E-state index contributed by atoms with van der Waals surface area (Å²) in [5, 5.41) is 16.4. The number of benzene rings is 2. The van der Waals surface area contributed by atoms with Crippen LogP contribution in [0.5, 0.6) is 0 Å². The molecule has 1 heterocycles. The molecule has 1 aromatic heterocycles. The molecule has 0 aliphatic rings. The van der Waals surface area contributed by atoms with Crippen LogP contribution in [-0.2, 0) is 13.0 Å². The second-order valence-corrected chi connectivity index (χ2v) is 7.20. The smallest absolute Gasteiger partial charge is 0.352 e. The summed E-state index contributed by atoms with van der Waals surface area (Å²) >= 11 is 6.18. The van der Waals surface area contributed by atoms with Crippen molar-refractivity contribution in [2.75, 3.05) is 6.54 Å². The van der Waals surface area contributed by atoms with E-state index in [1.54, 1.807) is 0 Å². The maximum Gasteiger partial charge on any atom is 0.352 e. The molecule has 3 aromatic rings. The number of rotatable bonds is 7. The van der Waals surface area contributed by atoms with Crippen LogP contribution in [-0.4, -0.2) is 38.0 Å². The molecule has 8 nitrogen and oxygen atoms in total. The third kappa shape index (κ3) is 5.03. The number of nitrogens with zero attached hydrogens (tertiary/aromatic N) is 3. The summed E-state index contributed by atoms with van der Waals surface area (Å²) in [5.41, 5.74) is 0.209. The molecule has 0 fully saturated rings. The minimum atomic E-state index is -0.887. The molecule has 1 atom stereocenters. The molecule has 1 amide bonds. The Labute approximate surface area is 177 Å². The van der Waals surface area contributed by atoms with Crippen molar-refractivity contribution in [2.24, 2.45) is 0 Å². The molecule has 0 aliphatic carbocycles. The number of aliphatic hydroxyl groups excluding tert-OH is 1. The molecule has 0 radical (unpaired) electrons. The van der Waals surface area contributed by atoms with Crippen LogP contribution in [0.2, 0.25) is 5.02 Å². The van der Waals surface area contributed by atoms with Crippen LogP contribution >= 0.6 is 11.6 Å².